The number of rotatable bonds is 12. The smallest absolute Gasteiger partial charge is 0.132 e. The van der Waals surface area contributed by atoms with Crippen molar-refractivity contribution in [2.24, 2.45) is 5.92 Å². The van der Waals surface area contributed by atoms with Gasteiger partial charge in [0.05, 0.1) is 22.9 Å². The Balaban J connectivity index is 2.02. The summed E-state index contributed by atoms with van der Waals surface area (Å²) in [4.78, 5) is 0. The second kappa shape index (κ2) is 12.3. The number of hydrogen-bond acceptors (Lipinski definition) is 4. The highest BCUT2D eigenvalue weighted by Gasteiger charge is 2.24. The summed E-state index contributed by atoms with van der Waals surface area (Å²) in [5.41, 5.74) is 2.22. The highest BCUT2D eigenvalue weighted by Crippen LogP contribution is 2.35. The van der Waals surface area contributed by atoms with Gasteiger partial charge < -0.3 is 19.3 Å². The molecule has 1 N–H and O–H groups in total. The molecule has 0 unspecified atom stereocenters. The van der Waals surface area contributed by atoms with Gasteiger partial charge in [0.15, 0.2) is 0 Å². The average Bonchev–Trinajstić information content (AvgIpc) is 2.75. The molecule has 0 aliphatic carbocycles. The van der Waals surface area contributed by atoms with E-state index in [0.717, 1.165) is 15.1 Å². The third kappa shape index (κ3) is 8.12. The standard InChI is InChI=1S/C25H34ClIO4/c1-17(2)29-15-21(28)16-30-22-9-6-19(7-10-22)25(4,5)20-8-11-24(23(27)12-20)31-14-18(3)13-26/h6-12,17-18,21,28H,13-16H2,1-5H3/t18-,21-/m0/s1. The molecule has 2 rings (SSSR count). The molecule has 4 nitrogen and oxygen atoms in total. The third-order valence-corrected chi connectivity index (χ3v) is 6.45. The molecule has 2 aromatic rings. The van der Waals surface area contributed by atoms with Crippen LogP contribution in [0.3, 0.4) is 0 Å². The number of ether oxygens (including phenoxy) is 3. The number of benzene rings is 2. The molecule has 0 heterocycles. The van der Waals surface area contributed by atoms with E-state index in [1.165, 1.54) is 11.1 Å². The Morgan fingerprint density at radius 3 is 2.16 bits per heavy atom. The summed E-state index contributed by atoms with van der Waals surface area (Å²) in [6.07, 6.45) is -0.553. The van der Waals surface area contributed by atoms with E-state index in [0.29, 0.717) is 18.4 Å². The second-order valence-corrected chi connectivity index (χ2v) is 10.2. The van der Waals surface area contributed by atoms with Crippen molar-refractivity contribution in [3.8, 4) is 11.5 Å². The topological polar surface area (TPSA) is 47.9 Å². The van der Waals surface area contributed by atoms with Crippen molar-refractivity contribution < 1.29 is 19.3 Å². The quantitative estimate of drug-likeness (QED) is 0.254. The van der Waals surface area contributed by atoms with Crippen molar-refractivity contribution in [1.82, 2.24) is 0 Å². The van der Waals surface area contributed by atoms with Gasteiger partial charge in [-0.25, -0.2) is 0 Å². The molecule has 2 aromatic carbocycles. The van der Waals surface area contributed by atoms with Crippen LogP contribution in [0.5, 0.6) is 11.5 Å². The molecule has 0 radical (unpaired) electrons. The van der Waals surface area contributed by atoms with Crippen molar-refractivity contribution >= 4 is 34.2 Å². The number of hydrogen-bond donors (Lipinski definition) is 1. The molecule has 2 atom stereocenters. The maximum Gasteiger partial charge on any atom is 0.132 e. The fourth-order valence-electron chi connectivity index (χ4n) is 2.96. The first-order valence-corrected chi connectivity index (χ1v) is 12.3. The first-order valence-electron chi connectivity index (χ1n) is 10.6. The number of alkyl halides is 1. The summed E-state index contributed by atoms with van der Waals surface area (Å²) in [5.74, 6) is 2.53. The molecule has 0 aliphatic rings. The number of aliphatic hydroxyl groups is 1. The maximum atomic E-state index is 9.96. The fourth-order valence-corrected chi connectivity index (χ4v) is 3.72. The summed E-state index contributed by atoms with van der Waals surface area (Å²) < 4.78 is 18.1. The summed E-state index contributed by atoms with van der Waals surface area (Å²) in [6.45, 7) is 11.5. The first-order chi connectivity index (χ1) is 14.6. The van der Waals surface area contributed by atoms with Crippen LogP contribution in [-0.4, -0.2) is 43.0 Å². The molecular formula is C25H34ClIO4. The van der Waals surface area contributed by atoms with Crippen molar-refractivity contribution in [3.63, 3.8) is 0 Å². The maximum absolute atomic E-state index is 9.96. The lowest BCUT2D eigenvalue weighted by molar-refractivity contribution is -0.0122. The van der Waals surface area contributed by atoms with Crippen molar-refractivity contribution in [2.75, 3.05) is 25.7 Å². The van der Waals surface area contributed by atoms with Gasteiger partial charge in [-0.1, -0.05) is 39.0 Å². The van der Waals surface area contributed by atoms with Crippen LogP contribution in [0.4, 0.5) is 0 Å². The fraction of sp³-hybridized carbons (Fsp3) is 0.520. The highest BCUT2D eigenvalue weighted by molar-refractivity contribution is 14.1. The van der Waals surface area contributed by atoms with E-state index in [1.54, 1.807) is 0 Å². The summed E-state index contributed by atoms with van der Waals surface area (Å²) in [6, 6.07) is 14.4. The summed E-state index contributed by atoms with van der Waals surface area (Å²) >= 11 is 8.20. The van der Waals surface area contributed by atoms with Gasteiger partial charge in [-0.3, -0.25) is 0 Å². The molecule has 0 amide bonds. The van der Waals surface area contributed by atoms with E-state index in [2.05, 4.69) is 67.6 Å². The molecule has 0 spiro atoms. The monoisotopic (exact) mass is 560 g/mol. The Morgan fingerprint density at radius 1 is 0.935 bits per heavy atom. The highest BCUT2D eigenvalue weighted by atomic mass is 127. The van der Waals surface area contributed by atoms with Crippen molar-refractivity contribution in [1.29, 1.82) is 0 Å². The predicted molar refractivity (Wildman–Crippen MR) is 136 cm³/mol. The summed E-state index contributed by atoms with van der Waals surface area (Å²) in [5, 5.41) is 9.96. The molecule has 6 heteroatoms. The van der Waals surface area contributed by atoms with Crippen LogP contribution in [0.2, 0.25) is 0 Å². The van der Waals surface area contributed by atoms with E-state index in [4.69, 9.17) is 25.8 Å². The van der Waals surface area contributed by atoms with Crippen LogP contribution >= 0.6 is 34.2 Å². The van der Waals surface area contributed by atoms with Gasteiger partial charge in [-0.2, -0.15) is 0 Å². The Morgan fingerprint density at radius 2 is 1.58 bits per heavy atom. The van der Waals surface area contributed by atoms with Crippen LogP contribution in [0.1, 0.15) is 45.7 Å². The normalized spacial score (nSPS) is 13.8. The number of halogens is 2. The van der Waals surface area contributed by atoms with E-state index < -0.39 is 6.10 Å². The van der Waals surface area contributed by atoms with Crippen LogP contribution in [-0.2, 0) is 10.2 Å². The van der Waals surface area contributed by atoms with Crippen LogP contribution in [0, 0.1) is 9.49 Å². The predicted octanol–water partition coefficient (Wildman–Crippen LogP) is 6.04. The van der Waals surface area contributed by atoms with Crippen LogP contribution in [0.15, 0.2) is 42.5 Å². The number of aliphatic hydroxyl groups excluding tert-OH is 1. The van der Waals surface area contributed by atoms with Crippen molar-refractivity contribution in [2.45, 2.75) is 52.2 Å². The lowest BCUT2D eigenvalue weighted by Crippen LogP contribution is -2.25. The average molecular weight is 561 g/mol. The van der Waals surface area contributed by atoms with Gasteiger partial charge in [0.2, 0.25) is 0 Å². The second-order valence-electron chi connectivity index (χ2n) is 8.71. The Labute approximate surface area is 205 Å². The lowest BCUT2D eigenvalue weighted by Gasteiger charge is -2.27. The Hall–Kier alpha value is -1.02. The zero-order valence-corrected chi connectivity index (χ0v) is 21.9. The SMILES string of the molecule is CC(C)OC[C@H](O)COc1ccc(C(C)(C)c2ccc(OC[C@@H](C)CCl)c(I)c2)cc1. The zero-order chi connectivity index (χ0) is 23.0. The summed E-state index contributed by atoms with van der Waals surface area (Å²) in [7, 11) is 0. The van der Waals surface area contributed by atoms with Gasteiger partial charge in [-0.15, -0.1) is 11.6 Å². The van der Waals surface area contributed by atoms with Gasteiger partial charge >= 0.3 is 0 Å². The van der Waals surface area contributed by atoms with Crippen LogP contribution < -0.4 is 9.47 Å². The molecule has 172 valence electrons. The zero-order valence-electron chi connectivity index (χ0n) is 19.0. The Bertz CT molecular complexity index is 808. The molecule has 0 saturated carbocycles. The van der Waals surface area contributed by atoms with Gasteiger partial charge in [-0.05, 0) is 71.8 Å². The van der Waals surface area contributed by atoms with E-state index in [1.807, 2.05) is 32.0 Å². The molecule has 0 saturated heterocycles. The lowest BCUT2D eigenvalue weighted by atomic mass is 9.78. The Kier molecular flexibility index (Phi) is 10.4. The first kappa shape index (κ1) is 26.2. The van der Waals surface area contributed by atoms with Gasteiger partial charge in [0.1, 0.15) is 24.2 Å². The molecule has 31 heavy (non-hydrogen) atoms. The molecule has 0 aliphatic heterocycles. The van der Waals surface area contributed by atoms with Gasteiger partial charge in [0, 0.05) is 17.2 Å². The van der Waals surface area contributed by atoms with E-state index in [-0.39, 0.29) is 24.7 Å². The molecule has 0 fully saturated rings. The minimum absolute atomic E-state index is 0.0917. The van der Waals surface area contributed by atoms with E-state index >= 15 is 0 Å². The minimum atomic E-state index is -0.645. The van der Waals surface area contributed by atoms with Crippen LogP contribution in [0.25, 0.3) is 0 Å². The molecular weight excluding hydrogens is 527 g/mol. The van der Waals surface area contributed by atoms with E-state index in [9.17, 15) is 5.11 Å². The minimum Gasteiger partial charge on any atom is -0.492 e. The third-order valence-electron chi connectivity index (χ3n) is 5.08. The largest absolute Gasteiger partial charge is 0.492 e. The van der Waals surface area contributed by atoms with Crippen molar-refractivity contribution in [3.05, 3.63) is 57.2 Å². The van der Waals surface area contributed by atoms with Gasteiger partial charge in [0.25, 0.3) is 0 Å². The molecule has 0 bridgehead atoms. The molecule has 0 aromatic heterocycles.